The summed E-state index contributed by atoms with van der Waals surface area (Å²) in [6, 6.07) is 15.8. The zero-order chi connectivity index (χ0) is 24.0. The highest BCUT2D eigenvalue weighted by Gasteiger charge is 2.36. The molecule has 0 unspecified atom stereocenters. The Morgan fingerprint density at radius 2 is 1.71 bits per heavy atom. The van der Waals surface area contributed by atoms with E-state index in [-0.39, 0.29) is 12.2 Å². The number of benzene rings is 2. The van der Waals surface area contributed by atoms with Crippen molar-refractivity contribution in [3.63, 3.8) is 0 Å². The molecule has 4 rings (SSSR count). The van der Waals surface area contributed by atoms with Crippen molar-refractivity contribution in [1.29, 1.82) is 0 Å². The molecule has 1 N–H and O–H groups in total. The topological polar surface area (TPSA) is 85.2 Å². The van der Waals surface area contributed by atoms with Crippen LogP contribution >= 0.6 is 0 Å². The summed E-state index contributed by atoms with van der Waals surface area (Å²) < 4.78 is 30.7. The molecule has 2 heterocycles. The summed E-state index contributed by atoms with van der Waals surface area (Å²) in [5, 5.41) is 18.6. The molecular formula is C25H29F2N7. The summed E-state index contributed by atoms with van der Waals surface area (Å²) in [7, 11) is 0. The highest BCUT2D eigenvalue weighted by Crippen LogP contribution is 2.32. The van der Waals surface area contributed by atoms with E-state index in [0.717, 1.165) is 41.5 Å². The number of nitrogens with zero attached hydrogens (tertiary/aromatic N) is 6. The molecule has 0 aliphatic heterocycles. The fraction of sp³-hybridized carbons (Fsp3) is 0.400. The third-order valence-corrected chi connectivity index (χ3v) is 5.75. The average molecular weight is 466 g/mol. The minimum absolute atomic E-state index is 0.250. The summed E-state index contributed by atoms with van der Waals surface area (Å²) in [6.07, 6.45) is 3.75. The first kappa shape index (κ1) is 23.7. The SMILES string of the molecule is CCCCCc1nc(C(F)(F)CCC)nn1Cc1ccc(-c2ccccc2-c2nn[nH]n2)cc1. The molecule has 34 heavy (non-hydrogen) atoms. The highest BCUT2D eigenvalue weighted by atomic mass is 19.3. The standard InChI is InChI=1S/C25H29F2N7/c1-3-5-6-11-22-28-24(25(26,27)16-4-2)31-34(22)17-18-12-14-19(15-13-18)20-9-7-8-10-21(20)23-29-32-33-30-23/h7-10,12-15H,3-6,11,16-17H2,1-2H3,(H,29,30,32,33). The van der Waals surface area contributed by atoms with Crippen molar-refractivity contribution in [2.45, 2.75) is 64.8 Å². The molecule has 0 radical (unpaired) electrons. The van der Waals surface area contributed by atoms with Crippen LogP contribution in [0.5, 0.6) is 0 Å². The van der Waals surface area contributed by atoms with Crippen molar-refractivity contribution in [3.05, 3.63) is 65.7 Å². The highest BCUT2D eigenvalue weighted by molar-refractivity contribution is 5.80. The van der Waals surface area contributed by atoms with E-state index in [1.54, 1.807) is 11.6 Å². The molecule has 2 aromatic carbocycles. The first-order chi connectivity index (χ1) is 16.5. The van der Waals surface area contributed by atoms with E-state index < -0.39 is 5.92 Å². The minimum atomic E-state index is -3.01. The number of tetrazole rings is 1. The Balaban J connectivity index is 1.58. The Labute approximate surface area is 197 Å². The van der Waals surface area contributed by atoms with Crippen LogP contribution in [-0.4, -0.2) is 35.4 Å². The van der Waals surface area contributed by atoms with Gasteiger partial charge in [-0.2, -0.15) is 14.0 Å². The van der Waals surface area contributed by atoms with Gasteiger partial charge in [-0.05, 0) is 34.7 Å². The van der Waals surface area contributed by atoms with Gasteiger partial charge in [0.25, 0.3) is 0 Å². The molecule has 0 atom stereocenters. The van der Waals surface area contributed by atoms with Crippen LogP contribution in [0, 0.1) is 0 Å². The first-order valence-corrected chi connectivity index (χ1v) is 11.8. The van der Waals surface area contributed by atoms with Gasteiger partial charge >= 0.3 is 5.92 Å². The average Bonchev–Trinajstić information content (AvgIpc) is 3.51. The lowest BCUT2D eigenvalue weighted by Gasteiger charge is -2.10. The smallest absolute Gasteiger partial charge is 0.245 e. The predicted octanol–water partition coefficient (Wildman–Crippen LogP) is 5.80. The number of hydrogen-bond donors (Lipinski definition) is 1. The maximum Gasteiger partial charge on any atom is 0.308 e. The summed E-state index contributed by atoms with van der Waals surface area (Å²) in [4.78, 5) is 4.25. The van der Waals surface area contributed by atoms with E-state index in [1.165, 1.54) is 0 Å². The van der Waals surface area contributed by atoms with Gasteiger partial charge in [-0.1, -0.05) is 75.2 Å². The molecule has 4 aromatic rings. The van der Waals surface area contributed by atoms with Crippen LogP contribution < -0.4 is 0 Å². The molecule has 2 aromatic heterocycles. The van der Waals surface area contributed by atoms with Gasteiger partial charge in [-0.15, -0.1) is 15.3 Å². The third kappa shape index (κ3) is 5.35. The molecule has 0 fully saturated rings. The fourth-order valence-electron chi connectivity index (χ4n) is 3.97. The lowest BCUT2D eigenvalue weighted by molar-refractivity contribution is -0.0232. The van der Waals surface area contributed by atoms with Crippen molar-refractivity contribution in [2.24, 2.45) is 0 Å². The zero-order valence-corrected chi connectivity index (χ0v) is 19.5. The summed E-state index contributed by atoms with van der Waals surface area (Å²) >= 11 is 0. The molecule has 0 aliphatic carbocycles. The van der Waals surface area contributed by atoms with Crippen LogP contribution in [0.15, 0.2) is 48.5 Å². The summed E-state index contributed by atoms with van der Waals surface area (Å²) in [6.45, 7) is 4.25. The fourth-order valence-corrected chi connectivity index (χ4v) is 3.97. The number of alkyl halides is 2. The Morgan fingerprint density at radius 1 is 0.941 bits per heavy atom. The van der Waals surface area contributed by atoms with Crippen molar-refractivity contribution >= 4 is 0 Å². The first-order valence-electron chi connectivity index (χ1n) is 11.8. The lowest BCUT2D eigenvalue weighted by Crippen LogP contribution is -2.15. The molecule has 0 spiro atoms. The van der Waals surface area contributed by atoms with Gasteiger partial charge < -0.3 is 0 Å². The number of halogens is 2. The third-order valence-electron chi connectivity index (χ3n) is 5.75. The predicted molar refractivity (Wildman–Crippen MR) is 126 cm³/mol. The quantitative estimate of drug-likeness (QED) is 0.283. The van der Waals surface area contributed by atoms with Gasteiger partial charge in [-0.3, -0.25) is 0 Å². The monoisotopic (exact) mass is 465 g/mol. The van der Waals surface area contributed by atoms with Crippen LogP contribution in [0.3, 0.4) is 0 Å². The Bertz CT molecular complexity index is 1180. The Kier molecular flexibility index (Phi) is 7.40. The van der Waals surface area contributed by atoms with E-state index in [0.29, 0.717) is 31.0 Å². The second kappa shape index (κ2) is 10.6. The van der Waals surface area contributed by atoms with E-state index in [2.05, 4.69) is 37.6 Å². The van der Waals surface area contributed by atoms with Crippen molar-refractivity contribution in [2.75, 3.05) is 0 Å². The van der Waals surface area contributed by atoms with Gasteiger partial charge in [0.15, 0.2) is 0 Å². The largest absolute Gasteiger partial charge is 0.308 e. The molecule has 0 saturated heterocycles. The zero-order valence-electron chi connectivity index (χ0n) is 19.5. The van der Waals surface area contributed by atoms with E-state index >= 15 is 0 Å². The maximum atomic E-state index is 14.5. The Morgan fingerprint density at radius 3 is 2.38 bits per heavy atom. The molecule has 0 bridgehead atoms. The maximum absolute atomic E-state index is 14.5. The normalized spacial score (nSPS) is 11.8. The number of aromatic nitrogens is 7. The number of nitrogens with one attached hydrogen (secondary N) is 1. The molecule has 0 amide bonds. The van der Waals surface area contributed by atoms with E-state index in [1.807, 2.05) is 48.5 Å². The lowest BCUT2D eigenvalue weighted by atomic mass is 9.98. The molecular weight excluding hydrogens is 436 g/mol. The van der Waals surface area contributed by atoms with Crippen LogP contribution in [0.2, 0.25) is 0 Å². The number of aromatic amines is 1. The van der Waals surface area contributed by atoms with Crippen LogP contribution in [-0.2, 0) is 18.9 Å². The molecule has 178 valence electrons. The second-order valence-electron chi connectivity index (χ2n) is 8.40. The van der Waals surface area contributed by atoms with Gasteiger partial charge in [0, 0.05) is 18.4 Å². The van der Waals surface area contributed by atoms with Gasteiger partial charge in [0.2, 0.25) is 11.6 Å². The molecule has 0 saturated carbocycles. The number of aryl methyl sites for hydroxylation is 1. The van der Waals surface area contributed by atoms with Crippen molar-refractivity contribution < 1.29 is 8.78 Å². The van der Waals surface area contributed by atoms with Gasteiger partial charge in [-0.25, -0.2) is 9.67 Å². The van der Waals surface area contributed by atoms with Gasteiger partial charge in [0.1, 0.15) is 5.82 Å². The van der Waals surface area contributed by atoms with Crippen LogP contribution in [0.1, 0.15) is 63.2 Å². The molecule has 7 nitrogen and oxygen atoms in total. The second-order valence-corrected chi connectivity index (χ2v) is 8.40. The Hall–Kier alpha value is -3.49. The summed E-state index contributed by atoms with van der Waals surface area (Å²) in [5.74, 6) is -2.24. The van der Waals surface area contributed by atoms with Crippen LogP contribution in [0.25, 0.3) is 22.5 Å². The number of unbranched alkanes of at least 4 members (excludes halogenated alkanes) is 2. The van der Waals surface area contributed by atoms with Crippen molar-refractivity contribution in [3.8, 4) is 22.5 Å². The van der Waals surface area contributed by atoms with E-state index in [4.69, 9.17) is 0 Å². The minimum Gasteiger partial charge on any atom is -0.245 e. The van der Waals surface area contributed by atoms with Gasteiger partial charge in [0.05, 0.1) is 6.54 Å². The number of rotatable bonds is 11. The molecule has 0 aliphatic rings. The number of hydrogen-bond acceptors (Lipinski definition) is 5. The number of H-pyrrole nitrogens is 1. The van der Waals surface area contributed by atoms with E-state index in [9.17, 15) is 8.78 Å². The summed E-state index contributed by atoms with van der Waals surface area (Å²) in [5.41, 5.74) is 3.83. The van der Waals surface area contributed by atoms with Crippen molar-refractivity contribution in [1.82, 2.24) is 35.4 Å². The molecule has 9 heteroatoms. The van der Waals surface area contributed by atoms with Crippen LogP contribution in [0.4, 0.5) is 8.78 Å².